The summed E-state index contributed by atoms with van der Waals surface area (Å²) >= 11 is 0. The first-order chi connectivity index (χ1) is 9.69. The molecule has 1 fully saturated rings. The summed E-state index contributed by atoms with van der Waals surface area (Å²) in [7, 11) is 0. The van der Waals surface area contributed by atoms with Crippen LogP contribution in [0.5, 0.6) is 0 Å². The number of aromatic nitrogens is 3. The highest BCUT2D eigenvalue weighted by atomic mass is 16.2. The Morgan fingerprint density at radius 1 is 1.45 bits per heavy atom. The number of carbonyl (C=O) groups is 1. The minimum absolute atomic E-state index is 0.00191. The number of nitrogens with zero attached hydrogens (tertiary/aromatic N) is 4. The zero-order valence-corrected chi connectivity index (χ0v) is 12.7. The van der Waals surface area contributed by atoms with Gasteiger partial charge in [-0.15, -0.1) is 5.10 Å². The molecule has 2 rings (SSSR count). The minimum atomic E-state index is -0.00191. The van der Waals surface area contributed by atoms with Crippen molar-refractivity contribution in [1.29, 1.82) is 0 Å². The molecular formula is C14H25N5O. The molecule has 0 bridgehead atoms. The molecule has 6 heteroatoms. The summed E-state index contributed by atoms with van der Waals surface area (Å²) < 4.78 is 1.80. The van der Waals surface area contributed by atoms with E-state index in [-0.39, 0.29) is 5.91 Å². The monoisotopic (exact) mass is 279 g/mol. The third-order valence-corrected chi connectivity index (χ3v) is 4.17. The molecule has 0 radical (unpaired) electrons. The molecule has 1 amide bonds. The van der Waals surface area contributed by atoms with E-state index in [1.807, 2.05) is 11.8 Å². The Kier molecular flexibility index (Phi) is 5.11. The average molecular weight is 279 g/mol. The van der Waals surface area contributed by atoms with E-state index in [4.69, 9.17) is 0 Å². The lowest BCUT2D eigenvalue weighted by Crippen LogP contribution is -2.43. The molecule has 1 aliphatic rings. The lowest BCUT2D eigenvalue weighted by molar-refractivity contribution is 0.0729. The standard InChI is InChI=1S/C14H25N5O/c1-4-11(5-2)9-18(6-3)14(20)13-10-19(17-16-13)12-7-15-8-12/h10-12,15H,4-9H2,1-3H3. The van der Waals surface area contributed by atoms with Gasteiger partial charge in [0.2, 0.25) is 0 Å². The van der Waals surface area contributed by atoms with Gasteiger partial charge in [0, 0.05) is 26.2 Å². The van der Waals surface area contributed by atoms with Gasteiger partial charge in [0.25, 0.3) is 5.91 Å². The molecule has 112 valence electrons. The third-order valence-electron chi connectivity index (χ3n) is 4.17. The third kappa shape index (κ3) is 3.17. The van der Waals surface area contributed by atoms with Crippen molar-refractivity contribution in [2.24, 2.45) is 5.92 Å². The van der Waals surface area contributed by atoms with Crippen LogP contribution in [0.4, 0.5) is 0 Å². The number of hydrogen-bond acceptors (Lipinski definition) is 4. The molecule has 1 aromatic rings. The second kappa shape index (κ2) is 6.83. The highest BCUT2D eigenvalue weighted by Crippen LogP contribution is 2.14. The highest BCUT2D eigenvalue weighted by molar-refractivity contribution is 5.91. The fraction of sp³-hybridized carbons (Fsp3) is 0.786. The number of amides is 1. The minimum Gasteiger partial charge on any atom is -0.337 e. The first kappa shape index (κ1) is 15.0. The molecule has 0 aromatic carbocycles. The van der Waals surface area contributed by atoms with Crippen LogP contribution in [0.25, 0.3) is 0 Å². The van der Waals surface area contributed by atoms with E-state index >= 15 is 0 Å². The van der Waals surface area contributed by atoms with Crippen molar-refractivity contribution in [1.82, 2.24) is 25.2 Å². The van der Waals surface area contributed by atoms with Gasteiger partial charge in [-0.05, 0) is 12.8 Å². The van der Waals surface area contributed by atoms with Gasteiger partial charge in [-0.25, -0.2) is 4.68 Å². The van der Waals surface area contributed by atoms with Gasteiger partial charge in [-0.1, -0.05) is 31.9 Å². The lowest BCUT2D eigenvalue weighted by atomic mass is 10.0. The van der Waals surface area contributed by atoms with Crippen LogP contribution in [0.15, 0.2) is 6.20 Å². The van der Waals surface area contributed by atoms with Crippen molar-refractivity contribution in [3.05, 3.63) is 11.9 Å². The van der Waals surface area contributed by atoms with Gasteiger partial charge in [0.05, 0.1) is 12.2 Å². The molecule has 1 saturated heterocycles. The normalized spacial score (nSPS) is 15.4. The molecule has 0 unspecified atom stereocenters. The van der Waals surface area contributed by atoms with E-state index in [0.29, 0.717) is 24.2 Å². The zero-order chi connectivity index (χ0) is 14.5. The van der Waals surface area contributed by atoms with E-state index in [2.05, 4.69) is 29.5 Å². The molecule has 0 aliphatic carbocycles. The van der Waals surface area contributed by atoms with Gasteiger partial charge >= 0.3 is 0 Å². The SMILES string of the molecule is CCC(CC)CN(CC)C(=O)c1cn(C2CNC2)nn1. The van der Waals surface area contributed by atoms with Gasteiger partial charge in [-0.2, -0.15) is 0 Å². The maximum atomic E-state index is 12.5. The van der Waals surface area contributed by atoms with Crippen LogP contribution in [0.3, 0.4) is 0 Å². The van der Waals surface area contributed by atoms with Crippen molar-refractivity contribution < 1.29 is 4.79 Å². The second-order valence-corrected chi connectivity index (χ2v) is 5.42. The molecule has 1 aromatic heterocycles. The zero-order valence-electron chi connectivity index (χ0n) is 12.7. The van der Waals surface area contributed by atoms with Gasteiger partial charge in [0.15, 0.2) is 5.69 Å². The number of nitrogens with one attached hydrogen (secondary N) is 1. The molecule has 0 saturated carbocycles. The summed E-state index contributed by atoms with van der Waals surface area (Å²) in [6, 6.07) is 0.346. The van der Waals surface area contributed by atoms with E-state index in [9.17, 15) is 4.79 Å². The Balaban J connectivity index is 2.01. The lowest BCUT2D eigenvalue weighted by Gasteiger charge is -2.26. The van der Waals surface area contributed by atoms with Crippen molar-refractivity contribution in [3.8, 4) is 0 Å². The van der Waals surface area contributed by atoms with Crippen molar-refractivity contribution in [2.75, 3.05) is 26.2 Å². The Hall–Kier alpha value is -1.43. The summed E-state index contributed by atoms with van der Waals surface area (Å²) in [5.41, 5.74) is 0.463. The van der Waals surface area contributed by atoms with Gasteiger partial charge in [0.1, 0.15) is 0 Å². The second-order valence-electron chi connectivity index (χ2n) is 5.42. The Bertz CT molecular complexity index is 437. The Morgan fingerprint density at radius 3 is 2.65 bits per heavy atom. The molecule has 2 heterocycles. The molecule has 0 atom stereocenters. The van der Waals surface area contributed by atoms with Gasteiger partial charge < -0.3 is 10.2 Å². The van der Waals surface area contributed by atoms with Crippen LogP contribution in [-0.4, -0.2) is 52.0 Å². The number of rotatable bonds is 7. The number of carbonyl (C=O) groups excluding carboxylic acids is 1. The molecule has 6 nitrogen and oxygen atoms in total. The van der Waals surface area contributed by atoms with Crippen molar-refractivity contribution >= 4 is 5.91 Å². The van der Waals surface area contributed by atoms with E-state index in [1.165, 1.54) is 0 Å². The fourth-order valence-corrected chi connectivity index (χ4v) is 2.39. The summed E-state index contributed by atoms with van der Waals surface area (Å²) in [6.07, 6.45) is 3.98. The summed E-state index contributed by atoms with van der Waals surface area (Å²) in [6.45, 7) is 9.69. The number of hydrogen-bond donors (Lipinski definition) is 1. The van der Waals surface area contributed by atoms with Crippen LogP contribution in [-0.2, 0) is 0 Å². The molecule has 1 aliphatic heterocycles. The van der Waals surface area contributed by atoms with E-state index < -0.39 is 0 Å². The van der Waals surface area contributed by atoms with Gasteiger partial charge in [-0.3, -0.25) is 4.79 Å². The fourth-order valence-electron chi connectivity index (χ4n) is 2.39. The summed E-state index contributed by atoms with van der Waals surface area (Å²) in [5.74, 6) is 0.558. The predicted octanol–water partition coefficient (Wildman–Crippen LogP) is 1.32. The maximum absolute atomic E-state index is 12.5. The topological polar surface area (TPSA) is 63.1 Å². The van der Waals surface area contributed by atoms with Crippen LogP contribution >= 0.6 is 0 Å². The Labute approximate surface area is 120 Å². The van der Waals surface area contributed by atoms with Crippen LogP contribution in [0, 0.1) is 5.92 Å². The predicted molar refractivity (Wildman–Crippen MR) is 77.6 cm³/mol. The average Bonchev–Trinajstić information content (AvgIpc) is 2.87. The quantitative estimate of drug-likeness (QED) is 0.817. The maximum Gasteiger partial charge on any atom is 0.276 e. The molecular weight excluding hydrogens is 254 g/mol. The summed E-state index contributed by atoms with van der Waals surface area (Å²) in [4.78, 5) is 14.4. The largest absolute Gasteiger partial charge is 0.337 e. The smallest absolute Gasteiger partial charge is 0.276 e. The summed E-state index contributed by atoms with van der Waals surface area (Å²) in [5, 5.41) is 11.3. The Morgan fingerprint density at radius 2 is 2.15 bits per heavy atom. The first-order valence-corrected chi connectivity index (χ1v) is 7.61. The van der Waals surface area contributed by atoms with Crippen molar-refractivity contribution in [3.63, 3.8) is 0 Å². The molecule has 1 N–H and O–H groups in total. The van der Waals surface area contributed by atoms with E-state index in [1.54, 1.807) is 10.9 Å². The molecule has 0 spiro atoms. The van der Waals surface area contributed by atoms with Crippen LogP contribution in [0.2, 0.25) is 0 Å². The van der Waals surface area contributed by atoms with Crippen LogP contribution in [0.1, 0.15) is 50.1 Å². The van der Waals surface area contributed by atoms with Crippen molar-refractivity contribution in [2.45, 2.75) is 39.7 Å². The molecule has 20 heavy (non-hydrogen) atoms. The highest BCUT2D eigenvalue weighted by Gasteiger charge is 2.24. The van der Waals surface area contributed by atoms with E-state index in [0.717, 1.165) is 32.5 Å². The van der Waals surface area contributed by atoms with Crippen LogP contribution < -0.4 is 5.32 Å². The first-order valence-electron chi connectivity index (χ1n) is 7.61.